The molecule has 23 heavy (non-hydrogen) atoms. The van der Waals surface area contributed by atoms with Crippen LogP contribution in [0.1, 0.15) is 5.56 Å². The third kappa shape index (κ3) is 2.79. The maximum Gasteiger partial charge on any atom is 0.135 e. The van der Waals surface area contributed by atoms with Crippen molar-refractivity contribution < 1.29 is 17.6 Å². The number of rotatable bonds is 2. The van der Waals surface area contributed by atoms with E-state index < -0.39 is 23.3 Å². The molecule has 1 aromatic heterocycles. The first kappa shape index (κ1) is 15.1. The summed E-state index contributed by atoms with van der Waals surface area (Å²) in [5, 5.41) is 0. The van der Waals surface area contributed by atoms with Crippen LogP contribution in [0.5, 0.6) is 0 Å². The van der Waals surface area contributed by atoms with Gasteiger partial charge in [0, 0.05) is 28.8 Å². The summed E-state index contributed by atoms with van der Waals surface area (Å²) >= 11 is 0. The standard InChI is InChI=1S/C17H10F4N2/c1-9-16(12-4-2-10(18)6-14(12)20)22-8-23-17(9)13-5-3-11(19)7-15(13)21/h2-8H,1H3. The summed E-state index contributed by atoms with van der Waals surface area (Å²) in [5.74, 6) is -2.97. The summed E-state index contributed by atoms with van der Waals surface area (Å²) in [5.41, 5.74) is 1.00. The summed E-state index contributed by atoms with van der Waals surface area (Å²) in [6.45, 7) is 1.59. The van der Waals surface area contributed by atoms with Crippen LogP contribution in [0.3, 0.4) is 0 Å². The van der Waals surface area contributed by atoms with E-state index in [0.29, 0.717) is 5.56 Å². The van der Waals surface area contributed by atoms with Crippen LogP contribution in [0.4, 0.5) is 17.6 Å². The molecule has 1 heterocycles. The zero-order chi connectivity index (χ0) is 16.6. The fraction of sp³-hybridized carbons (Fsp3) is 0.0588. The molecule has 2 nitrogen and oxygen atoms in total. The van der Waals surface area contributed by atoms with Gasteiger partial charge in [0.25, 0.3) is 0 Å². The highest BCUT2D eigenvalue weighted by Gasteiger charge is 2.17. The Morgan fingerprint density at radius 3 is 1.52 bits per heavy atom. The zero-order valence-corrected chi connectivity index (χ0v) is 11.9. The number of aromatic nitrogens is 2. The fourth-order valence-electron chi connectivity index (χ4n) is 2.36. The van der Waals surface area contributed by atoms with Gasteiger partial charge in [0.2, 0.25) is 0 Å². The van der Waals surface area contributed by atoms with E-state index >= 15 is 0 Å². The van der Waals surface area contributed by atoms with E-state index in [4.69, 9.17) is 0 Å². The molecule has 0 bridgehead atoms. The molecular formula is C17H10F4N2. The number of nitrogens with zero attached hydrogens (tertiary/aromatic N) is 2. The van der Waals surface area contributed by atoms with E-state index in [1.807, 2.05) is 0 Å². The minimum absolute atomic E-state index is 0.0788. The second-order valence-corrected chi connectivity index (χ2v) is 4.94. The number of halogens is 4. The van der Waals surface area contributed by atoms with Gasteiger partial charge in [-0.15, -0.1) is 0 Å². The predicted octanol–water partition coefficient (Wildman–Crippen LogP) is 4.68. The maximum absolute atomic E-state index is 14.0. The van der Waals surface area contributed by atoms with Crippen molar-refractivity contribution in [3.05, 3.63) is 71.6 Å². The molecule has 2 aromatic carbocycles. The molecule has 0 atom stereocenters. The maximum atomic E-state index is 14.0. The smallest absolute Gasteiger partial charge is 0.135 e. The van der Waals surface area contributed by atoms with Crippen molar-refractivity contribution in [2.45, 2.75) is 6.92 Å². The van der Waals surface area contributed by atoms with Gasteiger partial charge in [0.15, 0.2) is 0 Å². The van der Waals surface area contributed by atoms with E-state index in [1.165, 1.54) is 12.1 Å². The Labute approximate surface area is 129 Å². The van der Waals surface area contributed by atoms with E-state index in [1.54, 1.807) is 6.92 Å². The second-order valence-electron chi connectivity index (χ2n) is 4.94. The summed E-state index contributed by atoms with van der Waals surface area (Å²) in [6, 6.07) is 6.22. The highest BCUT2D eigenvalue weighted by atomic mass is 19.1. The van der Waals surface area contributed by atoms with Gasteiger partial charge in [-0.3, -0.25) is 0 Å². The van der Waals surface area contributed by atoms with Gasteiger partial charge < -0.3 is 0 Å². The Hall–Kier alpha value is -2.76. The van der Waals surface area contributed by atoms with Gasteiger partial charge >= 0.3 is 0 Å². The summed E-state index contributed by atoms with van der Waals surface area (Å²) in [4.78, 5) is 8.00. The molecule has 0 unspecified atom stereocenters. The van der Waals surface area contributed by atoms with E-state index in [9.17, 15) is 17.6 Å². The van der Waals surface area contributed by atoms with Gasteiger partial charge in [-0.25, -0.2) is 27.5 Å². The SMILES string of the molecule is Cc1c(-c2ccc(F)cc2F)ncnc1-c1ccc(F)cc1F. The zero-order valence-electron chi connectivity index (χ0n) is 11.9. The van der Waals surface area contributed by atoms with Crippen molar-refractivity contribution in [1.29, 1.82) is 0 Å². The molecule has 0 aliphatic carbocycles. The molecule has 0 spiro atoms. The van der Waals surface area contributed by atoms with Crippen LogP contribution in [0, 0.1) is 30.2 Å². The third-order valence-corrected chi connectivity index (χ3v) is 3.46. The fourth-order valence-corrected chi connectivity index (χ4v) is 2.36. The second kappa shape index (κ2) is 5.79. The van der Waals surface area contributed by atoms with Crippen LogP contribution >= 0.6 is 0 Å². The summed E-state index contributed by atoms with van der Waals surface area (Å²) < 4.78 is 54.0. The molecule has 0 saturated heterocycles. The highest BCUT2D eigenvalue weighted by molar-refractivity contribution is 5.73. The van der Waals surface area contributed by atoms with Gasteiger partial charge in [-0.1, -0.05) is 0 Å². The quantitative estimate of drug-likeness (QED) is 0.641. The van der Waals surface area contributed by atoms with Crippen LogP contribution < -0.4 is 0 Å². The van der Waals surface area contributed by atoms with Crippen LogP contribution in [0.15, 0.2) is 42.7 Å². The molecule has 3 aromatic rings. The Morgan fingerprint density at radius 1 is 0.696 bits per heavy atom. The molecule has 0 saturated carbocycles. The molecule has 0 aliphatic rings. The first-order valence-electron chi connectivity index (χ1n) is 6.70. The Balaban J connectivity index is 2.19. The molecule has 0 fully saturated rings. The number of hydrogen-bond donors (Lipinski definition) is 0. The molecular weight excluding hydrogens is 308 g/mol. The van der Waals surface area contributed by atoms with E-state index in [2.05, 4.69) is 9.97 Å². The topological polar surface area (TPSA) is 25.8 Å². The van der Waals surface area contributed by atoms with Gasteiger partial charge in [0.05, 0.1) is 11.4 Å². The normalized spacial score (nSPS) is 10.8. The average molecular weight is 318 g/mol. The minimum atomic E-state index is -0.780. The van der Waals surface area contributed by atoms with E-state index in [-0.39, 0.29) is 22.5 Å². The minimum Gasteiger partial charge on any atom is -0.236 e. The Morgan fingerprint density at radius 2 is 1.13 bits per heavy atom. The largest absolute Gasteiger partial charge is 0.236 e. The Bertz CT molecular complexity index is 824. The van der Waals surface area contributed by atoms with Gasteiger partial charge in [-0.05, 0) is 31.2 Å². The first-order chi connectivity index (χ1) is 11.0. The molecule has 0 amide bonds. The van der Waals surface area contributed by atoms with Crippen molar-refractivity contribution >= 4 is 0 Å². The molecule has 116 valence electrons. The lowest BCUT2D eigenvalue weighted by Gasteiger charge is -2.11. The molecule has 3 rings (SSSR count). The van der Waals surface area contributed by atoms with Crippen LogP contribution in [-0.4, -0.2) is 9.97 Å². The van der Waals surface area contributed by atoms with Crippen molar-refractivity contribution in [1.82, 2.24) is 9.97 Å². The molecule has 0 aliphatic heterocycles. The van der Waals surface area contributed by atoms with Crippen molar-refractivity contribution in [2.24, 2.45) is 0 Å². The van der Waals surface area contributed by atoms with Gasteiger partial charge in [0.1, 0.15) is 29.6 Å². The highest BCUT2D eigenvalue weighted by Crippen LogP contribution is 2.31. The van der Waals surface area contributed by atoms with Crippen LogP contribution in [0.2, 0.25) is 0 Å². The van der Waals surface area contributed by atoms with E-state index in [0.717, 1.165) is 30.6 Å². The lowest BCUT2D eigenvalue weighted by molar-refractivity contribution is 0.585. The molecule has 6 heteroatoms. The predicted molar refractivity (Wildman–Crippen MR) is 77.5 cm³/mol. The molecule has 0 N–H and O–H groups in total. The van der Waals surface area contributed by atoms with Crippen molar-refractivity contribution in [2.75, 3.05) is 0 Å². The van der Waals surface area contributed by atoms with Gasteiger partial charge in [-0.2, -0.15) is 0 Å². The third-order valence-electron chi connectivity index (χ3n) is 3.46. The van der Waals surface area contributed by atoms with Crippen molar-refractivity contribution in [3.8, 4) is 22.5 Å². The summed E-state index contributed by atoms with van der Waals surface area (Å²) in [7, 11) is 0. The number of hydrogen-bond acceptors (Lipinski definition) is 2. The lowest BCUT2D eigenvalue weighted by Crippen LogP contribution is -1.99. The molecule has 0 radical (unpaired) electrons. The monoisotopic (exact) mass is 318 g/mol. The lowest BCUT2D eigenvalue weighted by atomic mass is 10.0. The Kier molecular flexibility index (Phi) is 3.82. The number of benzene rings is 2. The first-order valence-corrected chi connectivity index (χ1v) is 6.70. The van der Waals surface area contributed by atoms with Crippen LogP contribution in [-0.2, 0) is 0 Å². The van der Waals surface area contributed by atoms with Crippen LogP contribution in [0.25, 0.3) is 22.5 Å². The summed E-state index contributed by atoms with van der Waals surface area (Å²) in [6.07, 6.45) is 1.16. The average Bonchev–Trinajstić information content (AvgIpc) is 2.49. The van der Waals surface area contributed by atoms with Crippen molar-refractivity contribution in [3.63, 3.8) is 0 Å².